The molecular weight excluding hydrogens is 414 g/mol. The minimum Gasteiger partial charge on any atom is -0.480 e. The molecule has 0 aliphatic carbocycles. The van der Waals surface area contributed by atoms with Crippen molar-refractivity contribution in [1.29, 1.82) is 0 Å². The number of hydrogen-bond acceptors (Lipinski definition) is 5. The predicted molar refractivity (Wildman–Crippen MR) is 118 cm³/mol. The summed E-state index contributed by atoms with van der Waals surface area (Å²) in [7, 11) is 0. The van der Waals surface area contributed by atoms with E-state index in [2.05, 4.69) is 4.98 Å². The molecule has 0 bridgehead atoms. The zero-order valence-corrected chi connectivity index (χ0v) is 18.3. The average Bonchev–Trinajstić information content (AvgIpc) is 3.18. The van der Waals surface area contributed by atoms with Crippen LogP contribution in [0.4, 0.5) is 0 Å². The molecule has 2 aromatic carbocycles. The monoisotopic (exact) mass is 437 g/mol. The summed E-state index contributed by atoms with van der Waals surface area (Å²) in [4.78, 5) is 43.2. The maximum atomic E-state index is 12.6. The molecule has 0 saturated heterocycles. The Morgan fingerprint density at radius 3 is 2.19 bits per heavy atom. The highest BCUT2D eigenvalue weighted by Gasteiger charge is 2.37. The summed E-state index contributed by atoms with van der Waals surface area (Å²) in [6.07, 6.45) is 0. The standard InChI is InChI=1S/C23H23N3O4S/c1-23(2,3)18(21(29)30)26-17-11-7-6-10-16(17)24-22(26)31-13-12-25-19(27)14-8-4-5-9-15(14)20(25)28/h4-11,18H,12-13H2,1-3H3,(H,29,30). The normalized spacial score (nSPS) is 14.9. The van der Waals surface area contributed by atoms with Crippen LogP contribution < -0.4 is 0 Å². The summed E-state index contributed by atoms with van der Waals surface area (Å²) in [5.74, 6) is -1.12. The number of carboxylic acids is 1. The maximum absolute atomic E-state index is 12.6. The molecule has 0 fully saturated rings. The van der Waals surface area contributed by atoms with Gasteiger partial charge in [-0.15, -0.1) is 0 Å². The molecule has 0 radical (unpaired) electrons. The number of benzene rings is 2. The van der Waals surface area contributed by atoms with Crippen molar-refractivity contribution in [3.05, 3.63) is 59.7 Å². The third-order valence-corrected chi connectivity index (χ3v) is 6.23. The fourth-order valence-corrected chi connectivity index (χ4v) is 4.87. The van der Waals surface area contributed by atoms with Crippen molar-refractivity contribution in [2.45, 2.75) is 32.0 Å². The fraction of sp³-hybridized carbons (Fsp3) is 0.304. The van der Waals surface area contributed by atoms with Crippen LogP contribution in [0.2, 0.25) is 0 Å². The molecule has 0 saturated carbocycles. The molecule has 1 aromatic heterocycles. The number of imide groups is 1. The number of aliphatic carboxylic acids is 1. The minimum atomic E-state index is -0.933. The van der Waals surface area contributed by atoms with Crippen LogP contribution in [-0.2, 0) is 4.79 Å². The molecule has 8 heteroatoms. The first-order valence-corrected chi connectivity index (χ1v) is 11.0. The molecule has 2 heterocycles. The Hall–Kier alpha value is -3.13. The molecule has 160 valence electrons. The summed E-state index contributed by atoms with van der Waals surface area (Å²) < 4.78 is 1.75. The fourth-order valence-electron chi connectivity index (χ4n) is 3.91. The van der Waals surface area contributed by atoms with E-state index < -0.39 is 17.4 Å². The number of nitrogens with zero attached hydrogens (tertiary/aromatic N) is 3. The lowest BCUT2D eigenvalue weighted by molar-refractivity contribution is -0.144. The molecule has 0 spiro atoms. The predicted octanol–water partition coefficient (Wildman–Crippen LogP) is 4.10. The number of aromatic nitrogens is 2. The van der Waals surface area contributed by atoms with Gasteiger partial charge in [-0.3, -0.25) is 14.5 Å². The summed E-state index contributed by atoms with van der Waals surface area (Å²) in [5, 5.41) is 10.5. The van der Waals surface area contributed by atoms with Crippen LogP contribution >= 0.6 is 11.8 Å². The molecule has 4 rings (SSSR count). The van der Waals surface area contributed by atoms with Crippen LogP contribution in [0.5, 0.6) is 0 Å². The highest BCUT2D eigenvalue weighted by atomic mass is 32.2. The summed E-state index contributed by atoms with van der Waals surface area (Å²) >= 11 is 1.35. The Kier molecular flexibility index (Phi) is 5.35. The molecule has 1 aliphatic heterocycles. The van der Waals surface area contributed by atoms with Gasteiger partial charge in [-0.05, 0) is 29.7 Å². The second-order valence-corrected chi connectivity index (χ2v) is 9.58. The molecule has 1 atom stereocenters. The van der Waals surface area contributed by atoms with Gasteiger partial charge >= 0.3 is 5.97 Å². The molecule has 1 aliphatic rings. The minimum absolute atomic E-state index is 0.216. The van der Waals surface area contributed by atoms with Gasteiger partial charge in [0.25, 0.3) is 11.8 Å². The zero-order chi connectivity index (χ0) is 22.3. The number of imidazole rings is 1. The lowest BCUT2D eigenvalue weighted by Gasteiger charge is -2.29. The Morgan fingerprint density at radius 1 is 1.03 bits per heavy atom. The number of thioether (sulfide) groups is 1. The molecular formula is C23H23N3O4S. The van der Waals surface area contributed by atoms with Crippen molar-refractivity contribution in [2.75, 3.05) is 12.3 Å². The van der Waals surface area contributed by atoms with E-state index in [1.807, 2.05) is 45.0 Å². The number of para-hydroxylation sites is 2. The van der Waals surface area contributed by atoms with Gasteiger partial charge in [0.05, 0.1) is 22.2 Å². The maximum Gasteiger partial charge on any atom is 0.327 e. The molecule has 7 nitrogen and oxygen atoms in total. The van der Waals surface area contributed by atoms with Gasteiger partial charge in [-0.2, -0.15) is 0 Å². The summed E-state index contributed by atoms with van der Waals surface area (Å²) in [6.45, 7) is 5.86. The van der Waals surface area contributed by atoms with E-state index in [-0.39, 0.29) is 18.4 Å². The average molecular weight is 438 g/mol. The van der Waals surface area contributed by atoms with Gasteiger partial charge in [-0.25, -0.2) is 9.78 Å². The van der Waals surface area contributed by atoms with E-state index in [4.69, 9.17) is 0 Å². The van der Waals surface area contributed by atoms with Gasteiger partial charge in [0.1, 0.15) is 6.04 Å². The number of rotatable bonds is 6. The molecule has 1 unspecified atom stereocenters. The quantitative estimate of drug-likeness (QED) is 0.461. The first kappa shape index (κ1) is 21.1. The highest BCUT2D eigenvalue weighted by Crippen LogP contribution is 2.37. The van der Waals surface area contributed by atoms with E-state index in [0.29, 0.717) is 27.6 Å². The Morgan fingerprint density at radius 2 is 1.61 bits per heavy atom. The first-order valence-electron chi connectivity index (χ1n) is 9.98. The van der Waals surface area contributed by atoms with Crippen molar-refractivity contribution in [2.24, 2.45) is 5.41 Å². The van der Waals surface area contributed by atoms with Gasteiger partial charge in [0, 0.05) is 12.3 Å². The number of fused-ring (bicyclic) bond motifs is 2. The lowest BCUT2D eigenvalue weighted by Crippen LogP contribution is -2.33. The summed E-state index contributed by atoms with van der Waals surface area (Å²) in [5.41, 5.74) is 1.74. The van der Waals surface area contributed by atoms with Crippen molar-refractivity contribution in [3.8, 4) is 0 Å². The smallest absolute Gasteiger partial charge is 0.327 e. The van der Waals surface area contributed by atoms with Crippen molar-refractivity contribution in [3.63, 3.8) is 0 Å². The molecule has 2 amide bonds. The van der Waals surface area contributed by atoms with Crippen LogP contribution in [0.25, 0.3) is 11.0 Å². The van der Waals surface area contributed by atoms with Crippen molar-refractivity contribution >= 4 is 40.6 Å². The largest absolute Gasteiger partial charge is 0.480 e. The SMILES string of the molecule is CC(C)(C)C(C(=O)O)n1c(SCCN2C(=O)c3ccccc3C2=O)nc2ccccc21. The number of hydrogen-bond donors (Lipinski definition) is 1. The molecule has 31 heavy (non-hydrogen) atoms. The Labute approximate surface area is 184 Å². The van der Waals surface area contributed by atoms with E-state index in [1.165, 1.54) is 16.7 Å². The first-order chi connectivity index (χ1) is 14.7. The van der Waals surface area contributed by atoms with Gasteiger partial charge < -0.3 is 9.67 Å². The van der Waals surface area contributed by atoms with E-state index in [9.17, 15) is 19.5 Å². The third kappa shape index (κ3) is 3.72. The second-order valence-electron chi connectivity index (χ2n) is 8.52. The molecule has 1 N–H and O–H groups in total. The van der Waals surface area contributed by atoms with Crippen molar-refractivity contribution < 1.29 is 19.5 Å². The zero-order valence-electron chi connectivity index (χ0n) is 17.5. The van der Waals surface area contributed by atoms with Crippen LogP contribution in [0.15, 0.2) is 53.7 Å². The Balaban J connectivity index is 1.61. The van der Waals surface area contributed by atoms with Crippen LogP contribution in [-0.4, -0.2) is 49.6 Å². The van der Waals surface area contributed by atoms with Gasteiger partial charge in [-0.1, -0.05) is 56.8 Å². The van der Waals surface area contributed by atoms with Gasteiger partial charge in [0.2, 0.25) is 0 Å². The number of amides is 2. The Bertz CT molecular complexity index is 1160. The van der Waals surface area contributed by atoms with Crippen molar-refractivity contribution in [1.82, 2.24) is 14.5 Å². The van der Waals surface area contributed by atoms with Crippen LogP contribution in [0.3, 0.4) is 0 Å². The van der Waals surface area contributed by atoms with E-state index in [0.717, 1.165) is 5.52 Å². The third-order valence-electron chi connectivity index (χ3n) is 5.30. The highest BCUT2D eigenvalue weighted by molar-refractivity contribution is 7.99. The number of carboxylic acid groups (broad SMARTS) is 1. The van der Waals surface area contributed by atoms with Crippen LogP contribution in [0.1, 0.15) is 47.5 Å². The molecule has 3 aromatic rings. The number of carbonyl (C=O) groups excluding carboxylic acids is 2. The second kappa shape index (κ2) is 7.85. The topological polar surface area (TPSA) is 92.5 Å². The van der Waals surface area contributed by atoms with Gasteiger partial charge in [0.15, 0.2) is 5.16 Å². The van der Waals surface area contributed by atoms with Crippen LogP contribution in [0, 0.1) is 5.41 Å². The van der Waals surface area contributed by atoms with E-state index in [1.54, 1.807) is 28.8 Å². The lowest BCUT2D eigenvalue weighted by atomic mass is 9.86. The number of carbonyl (C=O) groups is 3. The summed E-state index contributed by atoms with van der Waals surface area (Å²) in [6, 6.07) is 13.4. The van der Waals surface area contributed by atoms with E-state index >= 15 is 0 Å².